The van der Waals surface area contributed by atoms with Crippen molar-refractivity contribution in [2.45, 2.75) is 45.6 Å². The molecule has 54 heavy (non-hydrogen) atoms. The van der Waals surface area contributed by atoms with Gasteiger partial charge in [-0.25, -0.2) is 14.6 Å². The van der Waals surface area contributed by atoms with E-state index in [4.69, 9.17) is 25.0 Å². The highest BCUT2D eigenvalue weighted by Gasteiger charge is 2.44. The van der Waals surface area contributed by atoms with Gasteiger partial charge in [-0.2, -0.15) is 0 Å². The summed E-state index contributed by atoms with van der Waals surface area (Å²) in [6.45, 7) is 12.9. The summed E-state index contributed by atoms with van der Waals surface area (Å²) in [5.74, 6) is 2.44. The van der Waals surface area contributed by atoms with Gasteiger partial charge in [0.1, 0.15) is 28.4 Å². The molecule has 1 atom stereocenters. The predicted molar refractivity (Wildman–Crippen MR) is 212 cm³/mol. The van der Waals surface area contributed by atoms with E-state index < -0.39 is 11.5 Å². The molecule has 1 aliphatic heterocycles. The first-order chi connectivity index (χ1) is 26.4. The maximum atomic E-state index is 6.71. The van der Waals surface area contributed by atoms with E-state index in [2.05, 4.69) is 140 Å². The smallest absolute Gasteiger partial charge is 0.165 e. The van der Waals surface area contributed by atoms with Crippen LogP contribution in [0.5, 0.6) is 5.75 Å². The monoisotopic (exact) mass is 705 g/mol. The van der Waals surface area contributed by atoms with Crippen LogP contribution >= 0.6 is 0 Å². The van der Waals surface area contributed by atoms with Crippen LogP contribution < -0.4 is 4.74 Å². The summed E-state index contributed by atoms with van der Waals surface area (Å²) in [6, 6.07) is 46.2. The van der Waals surface area contributed by atoms with Gasteiger partial charge >= 0.3 is 0 Å². The lowest BCUT2D eigenvalue weighted by Crippen LogP contribution is -2.40. The molecule has 0 radical (unpaired) electrons. The van der Waals surface area contributed by atoms with Crippen LogP contribution in [0.3, 0.4) is 0 Å². The third kappa shape index (κ3) is 5.09. The molecular weight excluding hydrogens is 667 g/mol. The second kappa shape index (κ2) is 13.1. The molecule has 0 aliphatic carbocycles. The van der Waals surface area contributed by atoms with Gasteiger partial charge in [-0.3, -0.25) is 4.57 Å². The summed E-state index contributed by atoms with van der Waals surface area (Å²) in [7, 11) is 0. The van der Waals surface area contributed by atoms with Crippen molar-refractivity contribution in [3.05, 3.63) is 202 Å². The average molecular weight is 706 g/mol. The fourth-order valence-electron chi connectivity index (χ4n) is 8.33. The lowest BCUT2D eigenvalue weighted by atomic mass is 9.76. The number of hydrogen-bond acceptors (Lipinski definition) is 6. The number of aromatic nitrogens is 7. The van der Waals surface area contributed by atoms with Crippen LogP contribution in [0.1, 0.15) is 74.7 Å². The lowest BCUT2D eigenvalue weighted by molar-refractivity contribution is 0.427. The number of hydrogen-bond donors (Lipinski definition) is 0. The van der Waals surface area contributed by atoms with Gasteiger partial charge in [0, 0.05) is 28.9 Å². The molecule has 8 heteroatoms. The van der Waals surface area contributed by atoms with Gasteiger partial charge in [-0.15, -0.1) is 5.10 Å². The quantitative estimate of drug-likeness (QED) is 0.154. The van der Waals surface area contributed by atoms with Gasteiger partial charge in [0.05, 0.1) is 5.92 Å². The highest BCUT2D eigenvalue weighted by molar-refractivity contribution is 5.79. The van der Waals surface area contributed by atoms with E-state index in [-0.39, 0.29) is 0 Å². The molecule has 1 aliphatic rings. The molecule has 0 fully saturated rings. The highest BCUT2D eigenvalue weighted by Crippen LogP contribution is 2.48. The molecule has 9 rings (SSSR count). The molecule has 1 unspecified atom stereocenters. The zero-order chi connectivity index (χ0) is 37.0. The normalized spacial score (nSPS) is 14.0. The molecule has 264 valence electrons. The molecule has 0 amide bonds. The van der Waals surface area contributed by atoms with Crippen LogP contribution in [0, 0.1) is 20.8 Å². The van der Waals surface area contributed by atoms with Crippen molar-refractivity contribution < 1.29 is 4.74 Å². The highest BCUT2D eigenvalue weighted by atomic mass is 16.5. The fourth-order valence-corrected chi connectivity index (χ4v) is 8.33. The number of pyridine rings is 1. The average Bonchev–Trinajstić information content (AvgIpc) is 3.80. The zero-order valence-electron chi connectivity index (χ0n) is 30.7. The molecule has 0 spiro atoms. The van der Waals surface area contributed by atoms with Gasteiger partial charge in [0.2, 0.25) is 0 Å². The minimum atomic E-state index is -0.928. The first kappa shape index (κ1) is 33.2. The van der Waals surface area contributed by atoms with Crippen molar-refractivity contribution in [1.29, 1.82) is 0 Å². The van der Waals surface area contributed by atoms with Crippen LogP contribution in [-0.2, 0) is 12.0 Å². The number of tetrazole rings is 1. The Morgan fingerprint density at radius 1 is 0.722 bits per heavy atom. The Balaban J connectivity index is 1.35. The van der Waals surface area contributed by atoms with Crippen molar-refractivity contribution in [3.8, 4) is 11.4 Å². The van der Waals surface area contributed by atoms with Crippen LogP contribution in [-0.4, -0.2) is 34.7 Å². The third-order valence-electron chi connectivity index (χ3n) is 10.7. The van der Waals surface area contributed by atoms with Crippen LogP contribution in [0.4, 0.5) is 0 Å². The summed E-state index contributed by atoms with van der Waals surface area (Å²) in [5, 5.41) is 14.3. The zero-order valence-corrected chi connectivity index (χ0v) is 30.7. The molecule has 0 bridgehead atoms. The van der Waals surface area contributed by atoms with Crippen LogP contribution in [0.2, 0.25) is 0 Å². The van der Waals surface area contributed by atoms with Gasteiger partial charge in [-0.1, -0.05) is 123 Å². The van der Waals surface area contributed by atoms with Gasteiger partial charge in [-0.05, 0) is 88.8 Å². The van der Waals surface area contributed by atoms with E-state index in [1.54, 1.807) is 0 Å². The standard InChI is InChI=1S/C46H39N7O/c1-6-40-48-43-30(3)27-31(4)47-45(43)52(40)36-25-26-37-38(28-36)32(5)54-39-24-16-17-29(2)41(39)42(37)44-49-50-51-53(44)46(33-18-10-7-11-19-33,34-20-12-8-13-21-34)35-22-14-9-15-23-35/h7-28,42H,5-6H2,1-4H3. The summed E-state index contributed by atoms with van der Waals surface area (Å²) < 4.78 is 10.9. The number of benzene rings is 5. The Morgan fingerprint density at radius 2 is 1.37 bits per heavy atom. The second-order valence-electron chi connectivity index (χ2n) is 13.9. The molecule has 8 aromatic rings. The SMILES string of the molecule is C=C1Oc2cccc(C)c2C(c2nnnn2C(c2ccccc2)(c2ccccc2)c2ccccc2)c2ccc(-n3c(CC)nc4c(C)cc(C)nc43)cc21. The largest absolute Gasteiger partial charge is 0.457 e. The molecule has 8 nitrogen and oxygen atoms in total. The summed E-state index contributed by atoms with van der Waals surface area (Å²) in [5.41, 5.74) is 10.8. The molecule has 3 aromatic heterocycles. The second-order valence-corrected chi connectivity index (χ2v) is 13.9. The van der Waals surface area contributed by atoms with E-state index in [0.717, 1.165) is 85.0 Å². The fraction of sp³-hybridized carbons (Fsp3) is 0.152. The number of fused-ring (bicyclic) bond motifs is 3. The summed E-state index contributed by atoms with van der Waals surface area (Å²) in [4.78, 5) is 10.0. The lowest BCUT2D eigenvalue weighted by Gasteiger charge is -2.37. The number of ether oxygens (including phenoxy) is 1. The molecular formula is C46H39N7O. The summed E-state index contributed by atoms with van der Waals surface area (Å²) in [6.07, 6.45) is 0.742. The van der Waals surface area contributed by atoms with E-state index in [0.29, 0.717) is 11.6 Å². The third-order valence-corrected chi connectivity index (χ3v) is 10.7. The molecule has 0 N–H and O–H groups in total. The van der Waals surface area contributed by atoms with Gasteiger partial charge < -0.3 is 4.74 Å². The number of imidazole rings is 1. The maximum absolute atomic E-state index is 6.71. The maximum Gasteiger partial charge on any atom is 0.165 e. The topological polar surface area (TPSA) is 83.5 Å². The Hall–Kier alpha value is -6.67. The minimum Gasteiger partial charge on any atom is -0.457 e. The number of rotatable bonds is 7. The Bertz CT molecular complexity index is 2580. The molecule has 0 saturated heterocycles. The van der Waals surface area contributed by atoms with E-state index >= 15 is 0 Å². The van der Waals surface area contributed by atoms with Crippen molar-refractivity contribution in [3.63, 3.8) is 0 Å². The van der Waals surface area contributed by atoms with Crippen molar-refractivity contribution in [2.75, 3.05) is 0 Å². The Labute approximate surface area is 314 Å². The van der Waals surface area contributed by atoms with Crippen molar-refractivity contribution in [2.24, 2.45) is 0 Å². The minimum absolute atomic E-state index is 0.428. The Kier molecular flexibility index (Phi) is 8.03. The van der Waals surface area contributed by atoms with Gasteiger partial charge in [0.25, 0.3) is 0 Å². The van der Waals surface area contributed by atoms with E-state index in [1.807, 2.05) is 41.9 Å². The summed E-state index contributed by atoms with van der Waals surface area (Å²) >= 11 is 0. The predicted octanol–water partition coefficient (Wildman–Crippen LogP) is 9.28. The van der Waals surface area contributed by atoms with Gasteiger partial charge in [0.15, 0.2) is 11.5 Å². The molecule has 4 heterocycles. The van der Waals surface area contributed by atoms with Crippen molar-refractivity contribution >= 4 is 16.9 Å². The Morgan fingerprint density at radius 3 is 2.00 bits per heavy atom. The van der Waals surface area contributed by atoms with Crippen LogP contribution in [0.25, 0.3) is 22.6 Å². The molecule has 5 aromatic carbocycles. The number of aryl methyl sites for hydroxylation is 4. The van der Waals surface area contributed by atoms with E-state index in [1.165, 1.54) is 0 Å². The van der Waals surface area contributed by atoms with Crippen LogP contribution in [0.15, 0.2) is 140 Å². The first-order valence-corrected chi connectivity index (χ1v) is 18.3. The molecule has 0 saturated carbocycles. The van der Waals surface area contributed by atoms with E-state index in [9.17, 15) is 0 Å². The van der Waals surface area contributed by atoms with Crippen molar-refractivity contribution in [1.82, 2.24) is 34.7 Å². The first-order valence-electron chi connectivity index (χ1n) is 18.3. The number of nitrogens with zero attached hydrogens (tertiary/aromatic N) is 7.